The third-order valence-electron chi connectivity index (χ3n) is 6.23. The minimum absolute atomic E-state index is 0.0931. The van der Waals surface area contributed by atoms with Crippen LogP contribution in [0.15, 0.2) is 97.2 Å². The number of hydrogen-bond acceptors (Lipinski definition) is 4. The Morgan fingerprint density at radius 2 is 1.39 bits per heavy atom. The number of benzene rings is 4. The van der Waals surface area contributed by atoms with Crippen molar-refractivity contribution in [3.63, 3.8) is 0 Å². The van der Waals surface area contributed by atoms with E-state index in [-0.39, 0.29) is 12.1 Å². The fraction of sp³-hybridized carbons (Fsp3) is 0.129. The van der Waals surface area contributed by atoms with Gasteiger partial charge in [0.2, 0.25) is 0 Å². The molecule has 1 heterocycles. The Morgan fingerprint density at radius 3 is 2.08 bits per heavy atom. The highest BCUT2D eigenvalue weighted by molar-refractivity contribution is 6.03. The molecule has 0 fully saturated rings. The van der Waals surface area contributed by atoms with Gasteiger partial charge in [-0.3, -0.25) is 4.98 Å². The predicted octanol–water partition coefficient (Wildman–Crippen LogP) is 8.18. The molecule has 0 saturated carbocycles. The number of halogens is 3. The van der Waals surface area contributed by atoms with Crippen LogP contribution in [0, 0.1) is 0 Å². The number of nitrogens with zero attached hydrogens (tertiary/aromatic N) is 1. The molecule has 0 spiro atoms. The number of alkyl halides is 3. The normalized spacial score (nSPS) is 11.4. The van der Waals surface area contributed by atoms with Crippen molar-refractivity contribution in [3.05, 3.63) is 108 Å². The second-order valence-electron chi connectivity index (χ2n) is 8.65. The third kappa shape index (κ3) is 5.13. The van der Waals surface area contributed by atoms with Crippen LogP contribution in [0.2, 0.25) is 0 Å². The number of rotatable bonds is 7. The maximum absolute atomic E-state index is 13.8. The smallest absolute Gasteiger partial charge is 0.418 e. The van der Waals surface area contributed by atoms with Crippen LogP contribution in [0.4, 0.5) is 13.2 Å². The van der Waals surface area contributed by atoms with Gasteiger partial charge in [-0.2, -0.15) is 13.2 Å². The van der Waals surface area contributed by atoms with Gasteiger partial charge in [-0.15, -0.1) is 0 Å². The zero-order valence-corrected chi connectivity index (χ0v) is 20.8. The molecule has 0 aliphatic heterocycles. The highest BCUT2D eigenvalue weighted by Crippen LogP contribution is 2.42. The van der Waals surface area contributed by atoms with Crippen LogP contribution in [0.3, 0.4) is 0 Å². The third-order valence-corrected chi connectivity index (χ3v) is 6.23. The summed E-state index contributed by atoms with van der Waals surface area (Å²) in [5.74, 6) is 1.86. The molecule has 0 unspecified atom stereocenters. The number of fused-ring (bicyclic) bond motifs is 1. The Kier molecular flexibility index (Phi) is 6.92. The standard InChI is InChI=1S/C31H24F3NO3/c1-36-24-14-20(15-25(17-24)37-2)19-38-23-11-6-10-22(16-23)29-26-12-7-13-28(31(32,33)34)30(26)35-18-27(29)21-8-4-3-5-9-21/h3-18H,19H2,1-2H3. The van der Waals surface area contributed by atoms with Crippen LogP contribution in [-0.2, 0) is 12.8 Å². The zero-order chi connectivity index (χ0) is 26.7. The summed E-state index contributed by atoms with van der Waals surface area (Å²) >= 11 is 0. The Hall–Kier alpha value is -4.52. The molecule has 0 bridgehead atoms. The van der Waals surface area contributed by atoms with E-state index >= 15 is 0 Å². The number of para-hydroxylation sites is 1. The van der Waals surface area contributed by atoms with Gasteiger partial charge in [-0.25, -0.2) is 0 Å². The summed E-state index contributed by atoms with van der Waals surface area (Å²) in [7, 11) is 3.16. The van der Waals surface area contributed by atoms with Crippen molar-refractivity contribution < 1.29 is 27.4 Å². The largest absolute Gasteiger partial charge is 0.497 e. The summed E-state index contributed by atoms with van der Waals surface area (Å²) in [6.45, 7) is 0.248. The first-order valence-corrected chi connectivity index (χ1v) is 11.9. The molecule has 0 atom stereocenters. The fourth-order valence-corrected chi connectivity index (χ4v) is 4.46. The second-order valence-corrected chi connectivity index (χ2v) is 8.65. The number of ether oxygens (including phenoxy) is 3. The van der Waals surface area contributed by atoms with Gasteiger partial charge in [0, 0.05) is 28.8 Å². The molecule has 0 aliphatic rings. The minimum atomic E-state index is -4.53. The van der Waals surface area contributed by atoms with E-state index in [0.717, 1.165) is 28.3 Å². The van der Waals surface area contributed by atoms with E-state index in [2.05, 4.69) is 4.98 Å². The number of methoxy groups -OCH3 is 2. The predicted molar refractivity (Wildman–Crippen MR) is 141 cm³/mol. The van der Waals surface area contributed by atoms with E-state index in [4.69, 9.17) is 14.2 Å². The lowest BCUT2D eigenvalue weighted by atomic mass is 9.91. The lowest BCUT2D eigenvalue weighted by Crippen LogP contribution is -2.07. The van der Waals surface area contributed by atoms with E-state index < -0.39 is 11.7 Å². The molecular formula is C31H24F3NO3. The molecule has 7 heteroatoms. The number of aromatic nitrogens is 1. The van der Waals surface area contributed by atoms with Crippen molar-refractivity contribution in [3.8, 4) is 39.5 Å². The second kappa shape index (κ2) is 10.5. The van der Waals surface area contributed by atoms with Crippen LogP contribution in [0.25, 0.3) is 33.2 Å². The fourth-order valence-electron chi connectivity index (χ4n) is 4.46. The van der Waals surface area contributed by atoms with E-state index in [1.807, 2.05) is 66.7 Å². The molecule has 38 heavy (non-hydrogen) atoms. The van der Waals surface area contributed by atoms with Crippen molar-refractivity contribution in [2.24, 2.45) is 0 Å². The maximum atomic E-state index is 13.8. The van der Waals surface area contributed by atoms with Gasteiger partial charge >= 0.3 is 6.18 Å². The summed E-state index contributed by atoms with van der Waals surface area (Å²) in [6, 6.07) is 26.5. The van der Waals surface area contributed by atoms with Crippen molar-refractivity contribution in [2.45, 2.75) is 12.8 Å². The van der Waals surface area contributed by atoms with Gasteiger partial charge in [-0.1, -0.05) is 54.6 Å². The monoisotopic (exact) mass is 515 g/mol. The van der Waals surface area contributed by atoms with E-state index in [1.54, 1.807) is 26.4 Å². The number of hydrogen-bond donors (Lipinski definition) is 0. The lowest BCUT2D eigenvalue weighted by molar-refractivity contribution is -0.136. The van der Waals surface area contributed by atoms with Gasteiger partial charge in [0.15, 0.2) is 0 Å². The summed E-state index contributed by atoms with van der Waals surface area (Å²) in [5, 5.41) is 0.413. The first-order chi connectivity index (χ1) is 18.4. The van der Waals surface area contributed by atoms with E-state index in [0.29, 0.717) is 28.2 Å². The molecule has 0 amide bonds. The first kappa shape index (κ1) is 25.1. The quantitative estimate of drug-likeness (QED) is 0.219. The van der Waals surface area contributed by atoms with Gasteiger partial charge in [0.1, 0.15) is 23.9 Å². The maximum Gasteiger partial charge on any atom is 0.418 e. The topological polar surface area (TPSA) is 40.6 Å². The summed E-state index contributed by atoms with van der Waals surface area (Å²) in [5.41, 5.74) is 2.94. The zero-order valence-electron chi connectivity index (χ0n) is 20.8. The molecule has 5 rings (SSSR count). The van der Waals surface area contributed by atoms with Gasteiger partial charge < -0.3 is 14.2 Å². The molecule has 0 N–H and O–H groups in total. The molecule has 0 radical (unpaired) electrons. The van der Waals surface area contributed by atoms with Gasteiger partial charge in [-0.05, 0) is 47.0 Å². The minimum Gasteiger partial charge on any atom is -0.497 e. The molecule has 4 aromatic carbocycles. The molecule has 1 aromatic heterocycles. The highest BCUT2D eigenvalue weighted by atomic mass is 19.4. The van der Waals surface area contributed by atoms with Crippen LogP contribution < -0.4 is 14.2 Å². The van der Waals surface area contributed by atoms with Crippen LogP contribution >= 0.6 is 0 Å². The van der Waals surface area contributed by atoms with Crippen molar-refractivity contribution in [1.82, 2.24) is 4.98 Å². The van der Waals surface area contributed by atoms with Crippen molar-refractivity contribution in [1.29, 1.82) is 0 Å². The van der Waals surface area contributed by atoms with E-state index in [9.17, 15) is 13.2 Å². The SMILES string of the molecule is COc1cc(COc2cccc(-c3c(-c4ccccc4)cnc4c(C(F)(F)F)cccc34)c2)cc(OC)c1. The molecule has 192 valence electrons. The van der Waals surface area contributed by atoms with Crippen molar-refractivity contribution >= 4 is 10.9 Å². The molecular weight excluding hydrogens is 491 g/mol. The molecule has 4 nitrogen and oxygen atoms in total. The van der Waals surface area contributed by atoms with Crippen LogP contribution in [0.5, 0.6) is 17.2 Å². The average molecular weight is 516 g/mol. The summed E-state index contributed by atoms with van der Waals surface area (Å²) in [6.07, 6.45) is -3.01. The Bertz CT molecular complexity index is 1560. The lowest BCUT2D eigenvalue weighted by Gasteiger charge is -2.17. The van der Waals surface area contributed by atoms with Gasteiger partial charge in [0.25, 0.3) is 0 Å². The molecule has 0 saturated heterocycles. The average Bonchev–Trinajstić information content (AvgIpc) is 2.95. The first-order valence-electron chi connectivity index (χ1n) is 11.9. The Labute approximate surface area is 218 Å². The van der Waals surface area contributed by atoms with Crippen LogP contribution in [0.1, 0.15) is 11.1 Å². The highest BCUT2D eigenvalue weighted by Gasteiger charge is 2.33. The Morgan fingerprint density at radius 1 is 0.711 bits per heavy atom. The summed E-state index contributed by atoms with van der Waals surface area (Å²) < 4.78 is 58.2. The van der Waals surface area contributed by atoms with Gasteiger partial charge in [0.05, 0.1) is 25.3 Å². The number of pyridine rings is 1. The molecule has 0 aliphatic carbocycles. The van der Waals surface area contributed by atoms with E-state index in [1.165, 1.54) is 12.3 Å². The van der Waals surface area contributed by atoms with Crippen molar-refractivity contribution in [2.75, 3.05) is 14.2 Å². The Balaban J connectivity index is 1.60. The molecule has 5 aromatic rings. The van der Waals surface area contributed by atoms with Crippen LogP contribution in [-0.4, -0.2) is 19.2 Å². The summed E-state index contributed by atoms with van der Waals surface area (Å²) in [4.78, 5) is 4.27.